The number of benzene rings is 3. The number of imide groups is 1. The van der Waals surface area contributed by atoms with E-state index in [2.05, 4.69) is 5.32 Å². The van der Waals surface area contributed by atoms with Gasteiger partial charge in [0.05, 0.1) is 34.1 Å². The monoisotopic (exact) mass is 505 g/mol. The number of hydrogen-bond acceptors (Lipinski definition) is 4. The highest BCUT2D eigenvalue weighted by molar-refractivity contribution is 6.42. The molecule has 0 radical (unpaired) electrons. The van der Waals surface area contributed by atoms with Crippen LogP contribution in [0.4, 0.5) is 11.4 Å². The first-order valence-corrected chi connectivity index (χ1v) is 12.2. The first-order valence-electron chi connectivity index (χ1n) is 11.4. The number of fused-ring (bicyclic) bond motifs is 4. The van der Waals surface area contributed by atoms with Crippen LogP contribution in [0.15, 0.2) is 72.8 Å². The SMILES string of the molecule is C[C@H]1N[C@]2(C(=O)N(Cc3ccc(Cl)c(Cl)c3)c3ccccc32)[C@@H]2C(=O)N(c3ccccc3)C(=O)[C@@H]21. The van der Waals surface area contributed by atoms with E-state index < -0.39 is 17.4 Å². The third kappa shape index (κ3) is 3.03. The Morgan fingerprint density at radius 3 is 2.34 bits per heavy atom. The molecule has 3 aromatic carbocycles. The van der Waals surface area contributed by atoms with Crippen LogP contribution < -0.4 is 15.1 Å². The van der Waals surface area contributed by atoms with E-state index in [9.17, 15) is 14.4 Å². The second kappa shape index (κ2) is 7.92. The number of hydrogen-bond donors (Lipinski definition) is 1. The third-order valence-corrected chi connectivity index (χ3v) is 8.09. The molecule has 3 aromatic rings. The zero-order chi connectivity index (χ0) is 24.5. The van der Waals surface area contributed by atoms with Crippen molar-refractivity contribution in [2.45, 2.75) is 25.0 Å². The Kier molecular flexibility index (Phi) is 5.04. The molecule has 0 aromatic heterocycles. The van der Waals surface area contributed by atoms with Crippen LogP contribution in [0.1, 0.15) is 18.1 Å². The molecule has 8 heteroatoms. The van der Waals surface area contributed by atoms with Crippen molar-refractivity contribution in [1.29, 1.82) is 0 Å². The van der Waals surface area contributed by atoms with Gasteiger partial charge in [0.15, 0.2) is 0 Å². The predicted molar refractivity (Wildman–Crippen MR) is 134 cm³/mol. The van der Waals surface area contributed by atoms with Crippen LogP contribution in [0.25, 0.3) is 0 Å². The first kappa shape index (κ1) is 22.3. The Morgan fingerprint density at radius 2 is 1.60 bits per heavy atom. The van der Waals surface area contributed by atoms with Crippen LogP contribution in [0.3, 0.4) is 0 Å². The van der Waals surface area contributed by atoms with Crippen molar-refractivity contribution in [3.05, 3.63) is 94.0 Å². The third-order valence-electron chi connectivity index (χ3n) is 7.35. The van der Waals surface area contributed by atoms with Gasteiger partial charge in [-0.1, -0.05) is 65.7 Å². The second-order valence-electron chi connectivity index (χ2n) is 9.25. The van der Waals surface area contributed by atoms with E-state index in [4.69, 9.17) is 23.2 Å². The fourth-order valence-electron chi connectivity index (χ4n) is 5.92. The fraction of sp³-hybridized carbons (Fsp3) is 0.222. The lowest BCUT2D eigenvalue weighted by molar-refractivity contribution is -0.132. The normalized spacial score (nSPS) is 27.2. The molecule has 0 bridgehead atoms. The lowest BCUT2D eigenvalue weighted by atomic mass is 9.76. The van der Waals surface area contributed by atoms with Gasteiger partial charge in [0.2, 0.25) is 11.8 Å². The zero-order valence-electron chi connectivity index (χ0n) is 18.7. The summed E-state index contributed by atoms with van der Waals surface area (Å²) < 4.78 is 0. The van der Waals surface area contributed by atoms with Gasteiger partial charge in [0.1, 0.15) is 5.54 Å². The quantitative estimate of drug-likeness (QED) is 0.530. The summed E-state index contributed by atoms with van der Waals surface area (Å²) in [5, 5.41) is 4.24. The van der Waals surface area contributed by atoms with Crippen molar-refractivity contribution in [2.24, 2.45) is 11.8 Å². The Balaban J connectivity index is 1.46. The van der Waals surface area contributed by atoms with E-state index >= 15 is 0 Å². The zero-order valence-corrected chi connectivity index (χ0v) is 20.3. The van der Waals surface area contributed by atoms with Crippen molar-refractivity contribution in [3.8, 4) is 0 Å². The smallest absolute Gasteiger partial charge is 0.253 e. The standard InChI is InChI=1S/C27H21Cl2N3O3/c1-15-22-23(25(34)32(24(22)33)17-7-3-2-4-8-17)27(30-15)18-9-5-6-10-21(18)31(26(27)35)14-16-11-12-19(28)20(29)13-16/h2-13,15,22-23,30H,14H2,1H3/t15-,22-,23+,27+/m1/s1. The minimum absolute atomic E-state index is 0.250. The molecule has 3 aliphatic rings. The van der Waals surface area contributed by atoms with E-state index in [0.717, 1.165) is 5.56 Å². The van der Waals surface area contributed by atoms with Crippen LogP contribution >= 0.6 is 23.2 Å². The molecule has 6 nitrogen and oxygen atoms in total. The molecule has 3 amide bonds. The molecule has 3 heterocycles. The van der Waals surface area contributed by atoms with Crippen LogP contribution in [0.5, 0.6) is 0 Å². The molecule has 0 aliphatic carbocycles. The summed E-state index contributed by atoms with van der Waals surface area (Å²) >= 11 is 12.3. The predicted octanol–water partition coefficient (Wildman–Crippen LogP) is 4.53. The second-order valence-corrected chi connectivity index (χ2v) is 10.1. The largest absolute Gasteiger partial charge is 0.306 e. The number of rotatable bonds is 3. The number of carbonyl (C=O) groups excluding carboxylic acids is 3. The number of anilines is 2. The lowest BCUT2D eigenvalue weighted by Crippen LogP contribution is -2.54. The highest BCUT2D eigenvalue weighted by atomic mass is 35.5. The summed E-state index contributed by atoms with van der Waals surface area (Å²) in [6.45, 7) is 2.12. The van der Waals surface area contributed by atoms with Crippen molar-refractivity contribution >= 4 is 52.3 Å². The van der Waals surface area contributed by atoms with Gasteiger partial charge < -0.3 is 4.90 Å². The molecule has 2 saturated heterocycles. The fourth-order valence-corrected chi connectivity index (χ4v) is 6.24. The Morgan fingerprint density at radius 1 is 0.886 bits per heavy atom. The summed E-state index contributed by atoms with van der Waals surface area (Å²) in [6, 6.07) is 21.2. The molecule has 4 atom stereocenters. The van der Waals surface area contributed by atoms with Gasteiger partial charge in [-0.15, -0.1) is 0 Å². The molecular weight excluding hydrogens is 485 g/mol. The summed E-state index contributed by atoms with van der Waals surface area (Å²) in [6.07, 6.45) is 0. The van der Waals surface area contributed by atoms with Crippen molar-refractivity contribution in [3.63, 3.8) is 0 Å². The highest BCUT2D eigenvalue weighted by Crippen LogP contribution is 2.55. The summed E-state index contributed by atoms with van der Waals surface area (Å²) in [5.74, 6) is -2.39. The topological polar surface area (TPSA) is 69.7 Å². The average Bonchev–Trinajstić information content (AvgIpc) is 3.40. The number of halogens is 2. The van der Waals surface area contributed by atoms with E-state index in [1.165, 1.54) is 4.90 Å². The van der Waals surface area contributed by atoms with Gasteiger partial charge in [0, 0.05) is 17.3 Å². The van der Waals surface area contributed by atoms with Gasteiger partial charge in [-0.05, 0) is 42.8 Å². The van der Waals surface area contributed by atoms with Crippen molar-refractivity contribution in [2.75, 3.05) is 9.80 Å². The van der Waals surface area contributed by atoms with Gasteiger partial charge in [0.25, 0.3) is 5.91 Å². The van der Waals surface area contributed by atoms with Crippen LogP contribution in [0, 0.1) is 11.8 Å². The van der Waals surface area contributed by atoms with Crippen LogP contribution in [-0.4, -0.2) is 23.8 Å². The number of nitrogens with zero attached hydrogens (tertiary/aromatic N) is 2. The van der Waals surface area contributed by atoms with Gasteiger partial charge >= 0.3 is 0 Å². The van der Waals surface area contributed by atoms with Gasteiger partial charge in [-0.2, -0.15) is 0 Å². The van der Waals surface area contributed by atoms with Crippen molar-refractivity contribution in [1.82, 2.24) is 5.32 Å². The number of nitrogens with one attached hydrogen (secondary N) is 1. The summed E-state index contributed by atoms with van der Waals surface area (Å²) in [7, 11) is 0. The minimum Gasteiger partial charge on any atom is -0.306 e. The molecule has 6 rings (SSSR count). The van der Waals surface area contributed by atoms with E-state index in [1.54, 1.807) is 41.3 Å². The highest BCUT2D eigenvalue weighted by Gasteiger charge is 2.71. The minimum atomic E-state index is -1.33. The lowest BCUT2D eigenvalue weighted by Gasteiger charge is -2.30. The van der Waals surface area contributed by atoms with Crippen molar-refractivity contribution < 1.29 is 14.4 Å². The number of para-hydroxylation sites is 2. The van der Waals surface area contributed by atoms with E-state index in [1.807, 2.05) is 43.3 Å². The molecule has 3 aliphatic heterocycles. The Bertz CT molecular complexity index is 1400. The molecule has 176 valence electrons. The maximum atomic E-state index is 14.2. The molecule has 0 unspecified atom stereocenters. The Hall–Kier alpha value is -3.19. The summed E-state index contributed by atoms with van der Waals surface area (Å²) in [4.78, 5) is 44.5. The Labute approximate surface area is 212 Å². The molecule has 1 spiro atoms. The number of carbonyl (C=O) groups is 3. The number of amides is 3. The average molecular weight is 506 g/mol. The van der Waals surface area contributed by atoms with Crippen LogP contribution in [0.2, 0.25) is 10.0 Å². The maximum absolute atomic E-state index is 14.2. The molecule has 0 saturated carbocycles. The molecule has 2 fully saturated rings. The molecular formula is C27H21Cl2N3O3. The molecule has 35 heavy (non-hydrogen) atoms. The van der Waals surface area contributed by atoms with Gasteiger partial charge in [-0.25, -0.2) is 4.90 Å². The van der Waals surface area contributed by atoms with Gasteiger partial charge in [-0.3, -0.25) is 19.7 Å². The summed E-state index contributed by atoms with van der Waals surface area (Å²) in [5.41, 5.74) is 1.42. The van der Waals surface area contributed by atoms with E-state index in [0.29, 0.717) is 27.0 Å². The maximum Gasteiger partial charge on any atom is 0.253 e. The van der Waals surface area contributed by atoms with Crippen LogP contribution in [-0.2, 0) is 26.5 Å². The first-order chi connectivity index (χ1) is 16.8. The molecule has 1 N–H and O–H groups in total. The van der Waals surface area contributed by atoms with E-state index in [-0.39, 0.29) is 30.3 Å².